The molecular formula is C15H25N3. The lowest BCUT2D eigenvalue weighted by Gasteiger charge is -2.32. The van der Waals surface area contributed by atoms with Crippen LogP contribution in [0.5, 0.6) is 0 Å². The van der Waals surface area contributed by atoms with E-state index in [2.05, 4.69) is 41.2 Å². The van der Waals surface area contributed by atoms with Gasteiger partial charge in [-0.2, -0.15) is 0 Å². The molecule has 1 aliphatic carbocycles. The molecule has 1 fully saturated rings. The van der Waals surface area contributed by atoms with Gasteiger partial charge in [0.1, 0.15) is 0 Å². The highest BCUT2D eigenvalue weighted by atomic mass is 15.2. The lowest BCUT2D eigenvalue weighted by atomic mass is 10.1. The predicted molar refractivity (Wildman–Crippen MR) is 75.4 cm³/mol. The maximum absolute atomic E-state index is 4.09. The van der Waals surface area contributed by atoms with Crippen LogP contribution in [0.2, 0.25) is 0 Å². The van der Waals surface area contributed by atoms with E-state index in [9.17, 15) is 0 Å². The number of rotatable bonds is 6. The molecule has 1 heterocycles. The molecule has 1 saturated carbocycles. The number of pyridine rings is 1. The normalized spacial score (nSPS) is 23.7. The fourth-order valence-corrected chi connectivity index (χ4v) is 3.06. The van der Waals surface area contributed by atoms with Gasteiger partial charge in [-0.3, -0.25) is 9.88 Å². The van der Waals surface area contributed by atoms with Crippen molar-refractivity contribution in [3.63, 3.8) is 0 Å². The Hall–Kier alpha value is -0.930. The van der Waals surface area contributed by atoms with Crippen molar-refractivity contribution >= 4 is 0 Å². The Morgan fingerprint density at radius 1 is 1.28 bits per heavy atom. The number of nitrogens with one attached hydrogen (secondary N) is 1. The van der Waals surface area contributed by atoms with Crippen molar-refractivity contribution in [3.8, 4) is 0 Å². The van der Waals surface area contributed by atoms with Crippen molar-refractivity contribution in [3.05, 3.63) is 30.1 Å². The van der Waals surface area contributed by atoms with E-state index in [1.165, 1.54) is 24.8 Å². The van der Waals surface area contributed by atoms with Crippen molar-refractivity contribution in [1.29, 1.82) is 0 Å². The van der Waals surface area contributed by atoms with Crippen molar-refractivity contribution in [2.45, 2.75) is 51.7 Å². The summed E-state index contributed by atoms with van der Waals surface area (Å²) in [4.78, 5) is 6.70. The highest BCUT2D eigenvalue weighted by Crippen LogP contribution is 2.25. The van der Waals surface area contributed by atoms with Crippen LogP contribution in [0.1, 0.15) is 38.7 Å². The molecule has 0 radical (unpaired) electrons. The number of nitrogens with zero attached hydrogens (tertiary/aromatic N) is 2. The summed E-state index contributed by atoms with van der Waals surface area (Å²) in [6.07, 6.45) is 7.79. The smallest absolute Gasteiger partial charge is 0.0271 e. The largest absolute Gasteiger partial charge is 0.313 e. The first-order chi connectivity index (χ1) is 8.85. The second kappa shape index (κ2) is 6.86. The Bertz CT molecular complexity index is 339. The van der Waals surface area contributed by atoms with Crippen molar-refractivity contribution in [1.82, 2.24) is 15.2 Å². The molecule has 1 N–H and O–H groups in total. The van der Waals surface area contributed by atoms with Gasteiger partial charge in [0.15, 0.2) is 0 Å². The predicted octanol–water partition coefficient (Wildman–Crippen LogP) is 2.43. The third-order valence-corrected chi connectivity index (χ3v) is 3.96. The molecular weight excluding hydrogens is 222 g/mol. The molecule has 3 heteroatoms. The van der Waals surface area contributed by atoms with Gasteiger partial charge in [0.25, 0.3) is 0 Å². The first-order valence-corrected chi connectivity index (χ1v) is 7.21. The molecule has 100 valence electrons. The summed E-state index contributed by atoms with van der Waals surface area (Å²) in [6.45, 7) is 7.71. The first-order valence-electron chi connectivity index (χ1n) is 7.21. The highest BCUT2D eigenvalue weighted by Gasteiger charge is 2.30. The van der Waals surface area contributed by atoms with Crippen LogP contribution in [0.25, 0.3) is 0 Å². The number of aromatic nitrogens is 1. The highest BCUT2D eigenvalue weighted by molar-refractivity contribution is 5.10. The Labute approximate surface area is 111 Å². The summed E-state index contributed by atoms with van der Waals surface area (Å²) in [5, 5.41) is 3.64. The minimum Gasteiger partial charge on any atom is -0.313 e. The zero-order valence-corrected chi connectivity index (χ0v) is 11.6. The average Bonchev–Trinajstić information content (AvgIpc) is 2.86. The molecule has 1 aromatic heterocycles. The van der Waals surface area contributed by atoms with Crippen LogP contribution in [0.15, 0.2) is 24.5 Å². The molecule has 2 atom stereocenters. The Balaban J connectivity index is 1.99. The van der Waals surface area contributed by atoms with E-state index in [0.717, 1.165) is 19.6 Å². The van der Waals surface area contributed by atoms with Crippen LogP contribution in [0, 0.1) is 0 Å². The molecule has 0 bridgehead atoms. The molecule has 0 amide bonds. The maximum Gasteiger partial charge on any atom is 0.0271 e. The fourth-order valence-electron chi connectivity index (χ4n) is 3.06. The van der Waals surface area contributed by atoms with Gasteiger partial charge in [0.2, 0.25) is 0 Å². The van der Waals surface area contributed by atoms with Crippen LogP contribution in [-0.2, 0) is 6.54 Å². The molecule has 3 nitrogen and oxygen atoms in total. The van der Waals surface area contributed by atoms with E-state index in [1.807, 2.05) is 12.4 Å². The summed E-state index contributed by atoms with van der Waals surface area (Å²) < 4.78 is 0. The van der Waals surface area contributed by atoms with Gasteiger partial charge >= 0.3 is 0 Å². The van der Waals surface area contributed by atoms with E-state index in [1.54, 1.807) is 0 Å². The first kappa shape index (κ1) is 13.5. The summed E-state index contributed by atoms with van der Waals surface area (Å²) in [5.74, 6) is 0. The van der Waals surface area contributed by atoms with Gasteiger partial charge in [0.05, 0.1) is 0 Å². The van der Waals surface area contributed by atoms with E-state index in [4.69, 9.17) is 0 Å². The summed E-state index contributed by atoms with van der Waals surface area (Å²) >= 11 is 0. The second-order valence-corrected chi connectivity index (χ2v) is 5.08. The zero-order chi connectivity index (χ0) is 12.8. The van der Waals surface area contributed by atoms with Gasteiger partial charge in [-0.15, -0.1) is 0 Å². The summed E-state index contributed by atoms with van der Waals surface area (Å²) in [6, 6.07) is 5.62. The third-order valence-electron chi connectivity index (χ3n) is 3.96. The fraction of sp³-hybridized carbons (Fsp3) is 0.667. The van der Waals surface area contributed by atoms with Crippen LogP contribution < -0.4 is 5.32 Å². The van der Waals surface area contributed by atoms with Gasteiger partial charge < -0.3 is 5.32 Å². The topological polar surface area (TPSA) is 28.2 Å². The number of hydrogen-bond donors (Lipinski definition) is 1. The van der Waals surface area contributed by atoms with Crippen LogP contribution in [0.4, 0.5) is 0 Å². The molecule has 2 rings (SSSR count). The average molecular weight is 247 g/mol. The van der Waals surface area contributed by atoms with Crippen LogP contribution in [0.3, 0.4) is 0 Å². The van der Waals surface area contributed by atoms with Crippen LogP contribution >= 0.6 is 0 Å². The molecule has 0 aromatic carbocycles. The SMILES string of the molecule is CCNC1CCCC1N(CC)Cc1ccncc1. The second-order valence-electron chi connectivity index (χ2n) is 5.08. The van der Waals surface area contributed by atoms with E-state index >= 15 is 0 Å². The number of hydrogen-bond acceptors (Lipinski definition) is 3. The molecule has 1 aromatic rings. The van der Waals surface area contributed by atoms with Crippen molar-refractivity contribution < 1.29 is 0 Å². The monoisotopic (exact) mass is 247 g/mol. The van der Waals surface area contributed by atoms with Crippen molar-refractivity contribution in [2.75, 3.05) is 13.1 Å². The lowest BCUT2D eigenvalue weighted by Crippen LogP contribution is -2.46. The molecule has 0 spiro atoms. The Morgan fingerprint density at radius 3 is 2.72 bits per heavy atom. The molecule has 18 heavy (non-hydrogen) atoms. The lowest BCUT2D eigenvalue weighted by molar-refractivity contribution is 0.173. The molecule has 1 aliphatic rings. The van der Waals surface area contributed by atoms with E-state index in [-0.39, 0.29) is 0 Å². The summed E-state index contributed by atoms with van der Waals surface area (Å²) in [5.41, 5.74) is 1.37. The number of likely N-dealkylation sites (N-methyl/N-ethyl adjacent to an activating group) is 2. The van der Waals surface area contributed by atoms with Crippen LogP contribution in [-0.4, -0.2) is 35.1 Å². The van der Waals surface area contributed by atoms with E-state index in [0.29, 0.717) is 12.1 Å². The standard InChI is InChI=1S/C15H25N3/c1-3-17-14-6-5-7-15(14)18(4-2)12-13-8-10-16-11-9-13/h8-11,14-15,17H,3-7,12H2,1-2H3. The van der Waals surface area contributed by atoms with E-state index < -0.39 is 0 Å². The van der Waals surface area contributed by atoms with Gasteiger partial charge in [-0.05, 0) is 43.6 Å². The van der Waals surface area contributed by atoms with Gasteiger partial charge in [-0.25, -0.2) is 0 Å². The van der Waals surface area contributed by atoms with Gasteiger partial charge in [0, 0.05) is 31.0 Å². The Kier molecular flexibility index (Phi) is 5.14. The Morgan fingerprint density at radius 2 is 2.06 bits per heavy atom. The zero-order valence-electron chi connectivity index (χ0n) is 11.6. The molecule has 0 saturated heterocycles. The maximum atomic E-state index is 4.09. The van der Waals surface area contributed by atoms with Gasteiger partial charge in [-0.1, -0.05) is 20.3 Å². The summed E-state index contributed by atoms with van der Waals surface area (Å²) in [7, 11) is 0. The third kappa shape index (κ3) is 3.30. The molecule has 0 aliphatic heterocycles. The minimum absolute atomic E-state index is 0.678. The van der Waals surface area contributed by atoms with Crippen molar-refractivity contribution in [2.24, 2.45) is 0 Å². The molecule has 2 unspecified atom stereocenters. The quantitative estimate of drug-likeness (QED) is 0.837. The minimum atomic E-state index is 0.678.